The zero-order chi connectivity index (χ0) is 13.8. The number of pyridine rings is 1. The Morgan fingerprint density at radius 2 is 2.17 bits per heavy atom. The molecule has 0 saturated heterocycles. The summed E-state index contributed by atoms with van der Waals surface area (Å²) in [6.07, 6.45) is 1.14. The van der Waals surface area contributed by atoms with Crippen molar-refractivity contribution in [1.29, 1.82) is 0 Å². The van der Waals surface area contributed by atoms with Crippen LogP contribution in [0.4, 0.5) is 11.5 Å². The van der Waals surface area contributed by atoms with Gasteiger partial charge in [0, 0.05) is 12.1 Å². The van der Waals surface area contributed by atoms with Crippen LogP contribution in [0.5, 0.6) is 0 Å². The number of anilines is 1. The zero-order valence-corrected chi connectivity index (χ0v) is 10.8. The molecule has 0 amide bonds. The molecule has 1 rings (SSSR count). The van der Waals surface area contributed by atoms with Gasteiger partial charge < -0.3 is 5.32 Å². The van der Waals surface area contributed by atoms with E-state index in [4.69, 9.17) is 0 Å². The summed E-state index contributed by atoms with van der Waals surface area (Å²) in [6, 6.07) is 1.50. The fourth-order valence-electron chi connectivity index (χ4n) is 1.25. The monoisotopic (exact) mass is 274 g/mol. The van der Waals surface area contributed by atoms with E-state index in [-0.39, 0.29) is 18.0 Å². The van der Waals surface area contributed by atoms with Gasteiger partial charge in [-0.25, -0.2) is 18.1 Å². The van der Waals surface area contributed by atoms with E-state index in [2.05, 4.69) is 15.0 Å². The van der Waals surface area contributed by atoms with E-state index < -0.39 is 14.9 Å². The third-order valence-electron chi connectivity index (χ3n) is 2.27. The Hall–Kier alpha value is -1.74. The summed E-state index contributed by atoms with van der Waals surface area (Å²) in [5.74, 6) is 0.311. The average Bonchev–Trinajstić information content (AvgIpc) is 2.28. The molecule has 2 N–H and O–H groups in total. The molecule has 0 saturated carbocycles. The van der Waals surface area contributed by atoms with Gasteiger partial charge in [-0.3, -0.25) is 10.1 Å². The highest BCUT2D eigenvalue weighted by Crippen LogP contribution is 2.18. The molecule has 0 radical (unpaired) electrons. The molecule has 0 spiro atoms. The van der Waals surface area contributed by atoms with Crippen molar-refractivity contribution in [2.24, 2.45) is 0 Å². The van der Waals surface area contributed by atoms with E-state index >= 15 is 0 Å². The van der Waals surface area contributed by atoms with E-state index in [0.717, 1.165) is 6.20 Å². The predicted molar refractivity (Wildman–Crippen MR) is 67.0 cm³/mol. The highest BCUT2D eigenvalue weighted by Gasteiger charge is 2.12. The Bertz CT molecular complexity index is 543. The van der Waals surface area contributed by atoms with Crippen LogP contribution in [0.25, 0.3) is 0 Å². The standard InChI is InChI=1S/C9H14N4O4S/c1-7-5-9(12-6-8(7)13(14)15)11-3-4-18(16,17)10-2/h5-6,10H,3-4H2,1-2H3,(H,11,12). The maximum absolute atomic E-state index is 11.1. The molecular formula is C9H14N4O4S. The van der Waals surface area contributed by atoms with Crippen LogP contribution in [0.2, 0.25) is 0 Å². The number of hydrogen-bond donors (Lipinski definition) is 2. The molecule has 0 bridgehead atoms. The molecular weight excluding hydrogens is 260 g/mol. The Labute approximate surface area is 105 Å². The SMILES string of the molecule is CNS(=O)(=O)CCNc1cc(C)c([N+](=O)[O-])cn1. The van der Waals surface area contributed by atoms with E-state index in [1.54, 1.807) is 6.92 Å². The van der Waals surface area contributed by atoms with Crippen molar-refractivity contribution < 1.29 is 13.3 Å². The Morgan fingerprint density at radius 3 is 2.67 bits per heavy atom. The van der Waals surface area contributed by atoms with Crippen molar-refractivity contribution in [1.82, 2.24) is 9.71 Å². The number of nitro groups is 1. The van der Waals surface area contributed by atoms with Gasteiger partial charge in [0.1, 0.15) is 12.0 Å². The first kappa shape index (κ1) is 14.3. The highest BCUT2D eigenvalue weighted by molar-refractivity contribution is 7.89. The normalized spacial score (nSPS) is 11.2. The Balaban J connectivity index is 2.65. The molecule has 9 heteroatoms. The molecule has 0 aliphatic heterocycles. The number of nitrogens with zero attached hydrogens (tertiary/aromatic N) is 2. The number of aryl methyl sites for hydroxylation is 1. The third-order valence-corrected chi connectivity index (χ3v) is 3.63. The van der Waals surface area contributed by atoms with E-state index in [1.807, 2.05) is 0 Å². The quantitative estimate of drug-likeness (QED) is 0.568. The third kappa shape index (κ3) is 3.93. The van der Waals surface area contributed by atoms with E-state index in [0.29, 0.717) is 11.4 Å². The van der Waals surface area contributed by atoms with Crippen LogP contribution in [0, 0.1) is 17.0 Å². The molecule has 0 aliphatic carbocycles. The lowest BCUT2D eigenvalue weighted by atomic mass is 10.2. The highest BCUT2D eigenvalue weighted by atomic mass is 32.2. The van der Waals surface area contributed by atoms with Crippen LogP contribution in [-0.2, 0) is 10.0 Å². The lowest BCUT2D eigenvalue weighted by Crippen LogP contribution is -2.26. The molecule has 1 aromatic rings. The topological polar surface area (TPSA) is 114 Å². The Morgan fingerprint density at radius 1 is 1.50 bits per heavy atom. The molecule has 0 aromatic carbocycles. The minimum atomic E-state index is -3.27. The molecule has 1 heterocycles. The van der Waals surface area contributed by atoms with Crippen molar-refractivity contribution in [3.05, 3.63) is 27.9 Å². The molecule has 18 heavy (non-hydrogen) atoms. The summed E-state index contributed by atoms with van der Waals surface area (Å²) in [4.78, 5) is 13.9. The van der Waals surface area contributed by atoms with Gasteiger partial charge >= 0.3 is 0 Å². The molecule has 0 aliphatic rings. The van der Waals surface area contributed by atoms with Crippen molar-refractivity contribution in [2.45, 2.75) is 6.92 Å². The minimum absolute atomic E-state index is 0.0663. The van der Waals surface area contributed by atoms with Gasteiger partial charge in [-0.1, -0.05) is 0 Å². The summed E-state index contributed by atoms with van der Waals surface area (Å²) >= 11 is 0. The number of hydrogen-bond acceptors (Lipinski definition) is 6. The van der Waals surface area contributed by atoms with Gasteiger partial charge in [0.05, 0.1) is 10.7 Å². The van der Waals surface area contributed by atoms with Crippen LogP contribution in [0.3, 0.4) is 0 Å². The molecule has 8 nitrogen and oxygen atoms in total. The fraction of sp³-hybridized carbons (Fsp3) is 0.444. The van der Waals surface area contributed by atoms with Gasteiger partial charge in [-0.05, 0) is 20.0 Å². The first-order valence-electron chi connectivity index (χ1n) is 5.12. The fourth-order valence-corrected chi connectivity index (χ4v) is 1.83. The van der Waals surface area contributed by atoms with Gasteiger partial charge in [0.15, 0.2) is 0 Å². The second-order valence-electron chi connectivity index (χ2n) is 3.56. The lowest BCUT2D eigenvalue weighted by Gasteiger charge is -2.06. The second-order valence-corrected chi connectivity index (χ2v) is 5.61. The molecule has 100 valence electrons. The number of sulfonamides is 1. The van der Waals surface area contributed by atoms with E-state index in [9.17, 15) is 18.5 Å². The van der Waals surface area contributed by atoms with Crippen molar-refractivity contribution in [3.63, 3.8) is 0 Å². The summed E-state index contributed by atoms with van der Waals surface area (Å²) in [5, 5.41) is 13.4. The maximum Gasteiger partial charge on any atom is 0.290 e. The summed E-state index contributed by atoms with van der Waals surface area (Å²) < 4.78 is 24.5. The summed E-state index contributed by atoms with van der Waals surface area (Å²) in [7, 11) is -1.93. The number of nitrogens with one attached hydrogen (secondary N) is 2. The first-order valence-corrected chi connectivity index (χ1v) is 6.77. The summed E-state index contributed by atoms with van der Waals surface area (Å²) in [6.45, 7) is 1.77. The molecule has 0 unspecified atom stereocenters. The van der Waals surface area contributed by atoms with Crippen LogP contribution >= 0.6 is 0 Å². The average molecular weight is 274 g/mol. The van der Waals surface area contributed by atoms with Crippen molar-refractivity contribution in [3.8, 4) is 0 Å². The number of aromatic nitrogens is 1. The lowest BCUT2D eigenvalue weighted by molar-refractivity contribution is -0.385. The van der Waals surface area contributed by atoms with Crippen LogP contribution in [0.15, 0.2) is 12.3 Å². The van der Waals surface area contributed by atoms with Gasteiger partial charge in [0.2, 0.25) is 10.0 Å². The van der Waals surface area contributed by atoms with Crippen molar-refractivity contribution in [2.75, 3.05) is 24.7 Å². The number of rotatable bonds is 6. The molecule has 1 aromatic heterocycles. The van der Waals surface area contributed by atoms with E-state index in [1.165, 1.54) is 13.1 Å². The first-order chi connectivity index (χ1) is 8.35. The minimum Gasteiger partial charge on any atom is -0.369 e. The largest absolute Gasteiger partial charge is 0.369 e. The smallest absolute Gasteiger partial charge is 0.290 e. The van der Waals surface area contributed by atoms with Gasteiger partial charge in [0.25, 0.3) is 5.69 Å². The van der Waals surface area contributed by atoms with Crippen LogP contribution < -0.4 is 10.0 Å². The van der Waals surface area contributed by atoms with Crippen LogP contribution in [0.1, 0.15) is 5.56 Å². The van der Waals surface area contributed by atoms with Gasteiger partial charge in [-0.2, -0.15) is 0 Å². The Kier molecular flexibility index (Phi) is 4.56. The molecule has 0 atom stereocenters. The maximum atomic E-state index is 11.1. The van der Waals surface area contributed by atoms with Crippen molar-refractivity contribution >= 4 is 21.5 Å². The molecule has 0 fully saturated rings. The van der Waals surface area contributed by atoms with Gasteiger partial charge in [-0.15, -0.1) is 0 Å². The summed E-state index contributed by atoms with van der Waals surface area (Å²) in [5.41, 5.74) is 0.400. The second kappa shape index (κ2) is 5.74. The predicted octanol–water partition coefficient (Wildman–Crippen LogP) is 0.259. The zero-order valence-electron chi connectivity index (χ0n) is 10.0. The van der Waals surface area contributed by atoms with Crippen LogP contribution in [-0.4, -0.2) is 37.7 Å².